The zero-order chi connectivity index (χ0) is 36.0. The number of carbonyl (C=O) groups is 3. The first-order valence-electron chi connectivity index (χ1n) is 15.8. The number of nitrogens with zero attached hydrogens (tertiary/aromatic N) is 3. The monoisotopic (exact) mass is 724 g/mol. The van der Waals surface area contributed by atoms with Gasteiger partial charge in [-0.2, -0.15) is 0 Å². The first-order valence-corrected chi connectivity index (χ1v) is 17.3. The number of phosphoric acid groups is 1. The van der Waals surface area contributed by atoms with Crippen molar-refractivity contribution in [2.75, 3.05) is 26.6 Å². The molecule has 19 heteroatoms. The Kier molecular flexibility index (Phi) is 9.49. The van der Waals surface area contributed by atoms with E-state index in [9.17, 15) is 32.5 Å². The van der Waals surface area contributed by atoms with Crippen molar-refractivity contribution in [3.63, 3.8) is 0 Å². The second-order valence-corrected chi connectivity index (χ2v) is 14.3. The van der Waals surface area contributed by atoms with Gasteiger partial charge in [0.25, 0.3) is 11.8 Å². The average Bonchev–Trinajstić information content (AvgIpc) is 3.76. The van der Waals surface area contributed by atoms with Gasteiger partial charge in [-0.15, -0.1) is 0 Å². The number of fused-ring (bicyclic) bond motifs is 5. The summed E-state index contributed by atoms with van der Waals surface area (Å²) in [6.07, 6.45) is 2.40. The minimum absolute atomic E-state index is 0.0445. The molecule has 3 atom stereocenters. The first-order chi connectivity index (χ1) is 23.6. The van der Waals surface area contributed by atoms with Crippen LogP contribution in [0.2, 0.25) is 0 Å². The van der Waals surface area contributed by atoms with E-state index in [4.69, 9.17) is 28.8 Å². The largest absolute Gasteiger partial charge is 0.511 e. The Hall–Kier alpha value is -4.38. The third kappa shape index (κ3) is 7.24. The molecule has 6 rings (SSSR count). The predicted octanol–water partition coefficient (Wildman–Crippen LogP) is 3.15. The summed E-state index contributed by atoms with van der Waals surface area (Å²) in [6.45, 7) is 1.89. The fourth-order valence-electron chi connectivity index (χ4n) is 6.46. The summed E-state index contributed by atoms with van der Waals surface area (Å²) in [7, 11) is -4.73. The molecular weight excluding hydrogens is 689 g/mol. The zero-order valence-corrected chi connectivity index (χ0v) is 28.0. The average molecular weight is 725 g/mol. The summed E-state index contributed by atoms with van der Waals surface area (Å²) in [5.74, 6) is -3.82. The van der Waals surface area contributed by atoms with Crippen LogP contribution in [0.5, 0.6) is 5.75 Å². The Balaban J connectivity index is 1.28. The van der Waals surface area contributed by atoms with E-state index in [2.05, 4.69) is 15.0 Å². The number of amides is 2. The molecule has 16 nitrogen and oxygen atoms in total. The van der Waals surface area contributed by atoms with Gasteiger partial charge in [0, 0.05) is 48.8 Å². The summed E-state index contributed by atoms with van der Waals surface area (Å²) in [6, 6.07) is 1.92. The maximum atomic E-state index is 14.3. The molecule has 2 aromatic rings. The lowest BCUT2D eigenvalue weighted by Gasteiger charge is -2.42. The number of carbonyl (C=O) groups excluding carboxylic acids is 3. The topological polar surface area (TPSA) is 205 Å². The van der Waals surface area contributed by atoms with Crippen LogP contribution < -0.4 is 15.5 Å². The van der Waals surface area contributed by atoms with Crippen LogP contribution >= 0.6 is 7.82 Å². The number of benzene rings is 1. The molecule has 2 amide bonds. The van der Waals surface area contributed by atoms with Crippen LogP contribution in [0.25, 0.3) is 0 Å². The normalized spacial score (nSPS) is 23.4. The number of nitrogens with one attached hydrogen (secondary N) is 1. The lowest BCUT2D eigenvalue weighted by molar-refractivity contribution is -0.0658. The van der Waals surface area contributed by atoms with Gasteiger partial charge in [-0.1, -0.05) is 11.2 Å². The van der Waals surface area contributed by atoms with E-state index < -0.39 is 84.6 Å². The van der Waals surface area contributed by atoms with E-state index in [1.165, 1.54) is 10.8 Å². The van der Waals surface area contributed by atoms with E-state index >= 15 is 0 Å². The van der Waals surface area contributed by atoms with Gasteiger partial charge >= 0.3 is 14.0 Å². The van der Waals surface area contributed by atoms with Crippen molar-refractivity contribution in [3.8, 4) is 5.75 Å². The maximum Gasteiger partial charge on any atom is 0.511 e. The van der Waals surface area contributed by atoms with Gasteiger partial charge in [-0.05, 0) is 45.6 Å². The van der Waals surface area contributed by atoms with Crippen LogP contribution in [0.1, 0.15) is 78.4 Å². The highest BCUT2D eigenvalue weighted by Gasteiger charge is 2.54. The number of ether oxygens (including phenoxy) is 3. The molecule has 4 aliphatic rings. The second kappa shape index (κ2) is 13.4. The van der Waals surface area contributed by atoms with E-state index in [1.807, 2.05) is 6.92 Å². The molecule has 3 N–H and O–H groups in total. The van der Waals surface area contributed by atoms with Crippen LogP contribution in [0.3, 0.4) is 0 Å². The molecular formula is C31H35F2N4O12P. The van der Waals surface area contributed by atoms with Crippen molar-refractivity contribution in [1.82, 2.24) is 14.8 Å². The highest BCUT2D eigenvalue weighted by atomic mass is 31.2. The number of aromatic nitrogens is 1. The number of hydrogen-bond acceptors (Lipinski definition) is 11. The van der Waals surface area contributed by atoms with Crippen LogP contribution in [-0.4, -0.2) is 81.1 Å². The Morgan fingerprint density at radius 1 is 1.16 bits per heavy atom. The quantitative estimate of drug-likeness (QED) is 0.174. The highest BCUT2D eigenvalue weighted by Crippen LogP contribution is 2.50. The molecule has 1 saturated heterocycles. The van der Waals surface area contributed by atoms with Crippen molar-refractivity contribution in [2.24, 2.45) is 10.6 Å². The fraction of sp³-hybridized carbons (Fsp3) is 0.516. The molecule has 1 aromatic heterocycles. The van der Waals surface area contributed by atoms with Gasteiger partial charge in [0.1, 0.15) is 23.8 Å². The third-order valence-corrected chi connectivity index (χ3v) is 9.96. The number of halogens is 2. The first kappa shape index (κ1) is 35.4. The van der Waals surface area contributed by atoms with Crippen molar-refractivity contribution < 1.29 is 61.1 Å². The predicted molar refractivity (Wildman–Crippen MR) is 166 cm³/mol. The molecule has 1 saturated carbocycles. The molecule has 2 bridgehead atoms. The molecule has 1 aliphatic carbocycles. The molecule has 2 fully saturated rings. The molecule has 1 spiro atoms. The van der Waals surface area contributed by atoms with E-state index in [0.29, 0.717) is 38.2 Å². The SMILES string of the molecule is CC1=NO[C@@]2(CC[C@H](C)N3C[C@H]2n2cc(C(=O)NCc4ccc(F)cc4F)c(=O)c(OCOC(=O)OCC4(COP(=O)(O)O)CC4)c2C3=O)C1. The van der Waals surface area contributed by atoms with E-state index in [0.717, 1.165) is 17.8 Å². The van der Waals surface area contributed by atoms with E-state index in [1.54, 1.807) is 11.8 Å². The summed E-state index contributed by atoms with van der Waals surface area (Å²) < 4.78 is 60.5. The Morgan fingerprint density at radius 2 is 1.92 bits per heavy atom. The highest BCUT2D eigenvalue weighted by molar-refractivity contribution is 7.46. The third-order valence-electron chi connectivity index (χ3n) is 9.50. The van der Waals surface area contributed by atoms with Crippen LogP contribution in [0.4, 0.5) is 13.6 Å². The molecule has 4 heterocycles. The van der Waals surface area contributed by atoms with Gasteiger partial charge in [0.2, 0.25) is 18.0 Å². The minimum Gasteiger partial charge on any atom is -0.451 e. The molecule has 50 heavy (non-hydrogen) atoms. The number of oxime groups is 1. The molecule has 0 radical (unpaired) electrons. The molecule has 1 aromatic carbocycles. The zero-order valence-electron chi connectivity index (χ0n) is 27.1. The second-order valence-electron chi connectivity index (χ2n) is 13.1. The number of hydrogen-bond donors (Lipinski definition) is 3. The number of pyridine rings is 1. The van der Waals surface area contributed by atoms with Crippen molar-refractivity contribution in [2.45, 2.75) is 70.2 Å². The van der Waals surface area contributed by atoms with Crippen LogP contribution in [0, 0.1) is 17.0 Å². The van der Waals surface area contributed by atoms with E-state index in [-0.39, 0.29) is 37.1 Å². The van der Waals surface area contributed by atoms with Crippen molar-refractivity contribution in [1.29, 1.82) is 0 Å². The smallest absolute Gasteiger partial charge is 0.451 e. The van der Waals surface area contributed by atoms with Gasteiger partial charge < -0.3 is 43.6 Å². The number of rotatable bonds is 11. The summed E-state index contributed by atoms with van der Waals surface area (Å²) in [5.41, 5.74) is -2.75. The standard InChI is InChI=1S/C31H35F2N4O12P/c1-17-10-31(49-35-17)6-5-18(2)36-13-23(31)37-12-21(27(39)34-11-19-3-4-20(32)9-22(19)33)25(38)26(24(37)28(36)40)46-16-47-29(41)45-14-30(7-8-30)15-48-50(42,43)44/h3-4,9,12,18,23H,5-8,10-11,13-16H2,1-2H3,(H,34,39)(H2,42,43,44)/t18-,23+,31-/m0/s1. The lowest BCUT2D eigenvalue weighted by Crippen LogP contribution is -2.52. The summed E-state index contributed by atoms with van der Waals surface area (Å²) in [5, 5.41) is 6.62. The lowest BCUT2D eigenvalue weighted by atomic mass is 9.84. The summed E-state index contributed by atoms with van der Waals surface area (Å²) >= 11 is 0. The van der Waals surface area contributed by atoms with Gasteiger partial charge in [0.15, 0.2) is 11.3 Å². The molecule has 270 valence electrons. The van der Waals surface area contributed by atoms with Gasteiger partial charge in [-0.25, -0.2) is 18.1 Å². The number of phosphoric ester groups is 1. The molecule has 0 unspecified atom stereocenters. The minimum atomic E-state index is -4.73. The fourth-order valence-corrected chi connectivity index (χ4v) is 6.90. The van der Waals surface area contributed by atoms with Crippen LogP contribution in [0.15, 0.2) is 34.3 Å². The Labute approximate surface area is 283 Å². The van der Waals surface area contributed by atoms with Crippen molar-refractivity contribution in [3.05, 3.63) is 63.1 Å². The Bertz CT molecular complexity index is 1860. The maximum absolute atomic E-state index is 14.3. The van der Waals surface area contributed by atoms with Gasteiger partial charge in [0.05, 0.1) is 18.4 Å². The van der Waals surface area contributed by atoms with Gasteiger partial charge in [-0.3, -0.25) is 18.9 Å². The van der Waals surface area contributed by atoms with Crippen molar-refractivity contribution >= 4 is 31.5 Å². The van der Waals surface area contributed by atoms with Crippen LogP contribution in [-0.2, 0) is 29.9 Å². The molecule has 3 aliphatic heterocycles. The summed E-state index contributed by atoms with van der Waals surface area (Å²) in [4.78, 5) is 79.3. The Morgan fingerprint density at radius 3 is 2.58 bits per heavy atom.